The Kier molecular flexibility index (Phi) is 4.03. The largest absolute Gasteiger partial charge is 0.466 e. The van der Waals surface area contributed by atoms with E-state index in [1.807, 2.05) is 31.2 Å². The van der Waals surface area contributed by atoms with Crippen LogP contribution >= 0.6 is 0 Å². The number of amides is 1. The number of aliphatic hydroxyl groups is 1. The van der Waals surface area contributed by atoms with Crippen molar-refractivity contribution in [1.29, 1.82) is 0 Å². The first kappa shape index (κ1) is 14.9. The Labute approximate surface area is 130 Å². The quantitative estimate of drug-likeness (QED) is 0.861. The Balaban J connectivity index is 1.62. The van der Waals surface area contributed by atoms with Crippen molar-refractivity contribution in [1.82, 2.24) is 5.32 Å². The zero-order valence-electron chi connectivity index (χ0n) is 12.7. The maximum absolute atomic E-state index is 12.1. The lowest BCUT2D eigenvalue weighted by molar-refractivity contribution is -0.122. The van der Waals surface area contributed by atoms with Crippen LogP contribution in [0.1, 0.15) is 29.7 Å². The number of nitrogens with one attached hydrogen (secondary N) is 1. The fourth-order valence-corrected chi connectivity index (χ4v) is 2.82. The molecule has 1 unspecified atom stereocenters. The summed E-state index contributed by atoms with van der Waals surface area (Å²) in [6, 6.07) is 11.4. The molecule has 0 bridgehead atoms. The molecule has 1 heterocycles. The van der Waals surface area contributed by atoms with Crippen molar-refractivity contribution in [2.75, 3.05) is 6.54 Å². The molecular formula is C18H21NO3. The highest BCUT2D eigenvalue weighted by atomic mass is 16.4. The molecule has 1 saturated carbocycles. The topological polar surface area (TPSA) is 62.5 Å². The van der Waals surface area contributed by atoms with Crippen molar-refractivity contribution in [3.8, 4) is 0 Å². The maximum atomic E-state index is 12.1. The van der Waals surface area contributed by atoms with Gasteiger partial charge in [0.1, 0.15) is 11.4 Å². The molecule has 0 spiro atoms. The van der Waals surface area contributed by atoms with Crippen LogP contribution < -0.4 is 5.32 Å². The minimum atomic E-state index is -1.09. The first-order chi connectivity index (χ1) is 10.6. The third-order valence-electron chi connectivity index (χ3n) is 4.20. The van der Waals surface area contributed by atoms with Gasteiger partial charge in [-0.2, -0.15) is 0 Å². The van der Waals surface area contributed by atoms with Crippen LogP contribution in [-0.2, 0) is 16.8 Å². The zero-order valence-corrected chi connectivity index (χ0v) is 12.7. The van der Waals surface area contributed by atoms with Gasteiger partial charge in [-0.25, -0.2) is 0 Å². The van der Waals surface area contributed by atoms with Crippen molar-refractivity contribution in [2.45, 2.75) is 31.8 Å². The highest BCUT2D eigenvalue weighted by molar-refractivity contribution is 5.78. The van der Waals surface area contributed by atoms with E-state index >= 15 is 0 Å². The lowest BCUT2D eigenvalue weighted by atomic mass is 9.94. The van der Waals surface area contributed by atoms with Crippen LogP contribution in [0.5, 0.6) is 0 Å². The number of rotatable bonds is 6. The van der Waals surface area contributed by atoms with E-state index in [2.05, 4.69) is 5.32 Å². The Hall–Kier alpha value is -2.07. The first-order valence-electron chi connectivity index (χ1n) is 7.66. The summed E-state index contributed by atoms with van der Waals surface area (Å²) < 4.78 is 5.36. The molecule has 0 aliphatic heterocycles. The molecule has 1 aliphatic rings. The van der Waals surface area contributed by atoms with Crippen molar-refractivity contribution >= 4 is 5.91 Å². The van der Waals surface area contributed by atoms with E-state index in [1.54, 1.807) is 18.4 Å². The summed E-state index contributed by atoms with van der Waals surface area (Å²) in [5, 5.41) is 13.7. The van der Waals surface area contributed by atoms with E-state index in [-0.39, 0.29) is 18.4 Å². The van der Waals surface area contributed by atoms with Crippen molar-refractivity contribution in [3.05, 3.63) is 59.5 Å². The minimum absolute atomic E-state index is 0.0868. The molecule has 3 rings (SSSR count). The second-order valence-electron chi connectivity index (χ2n) is 6.12. The van der Waals surface area contributed by atoms with Crippen molar-refractivity contribution < 1.29 is 14.3 Å². The number of furan rings is 1. The summed E-state index contributed by atoms with van der Waals surface area (Å²) in [5.41, 5.74) is 1.02. The number of carbonyl (C=O) groups is 1. The van der Waals surface area contributed by atoms with Crippen LogP contribution in [0, 0.1) is 12.8 Å². The summed E-state index contributed by atoms with van der Waals surface area (Å²) in [6.45, 7) is 2.19. The molecule has 4 nitrogen and oxygen atoms in total. The number of hydrogen-bond donors (Lipinski definition) is 2. The fraction of sp³-hybridized carbons (Fsp3) is 0.389. The van der Waals surface area contributed by atoms with E-state index in [9.17, 15) is 9.90 Å². The molecule has 116 valence electrons. The van der Waals surface area contributed by atoms with Crippen LogP contribution in [-0.4, -0.2) is 17.6 Å². The molecule has 0 saturated heterocycles. The Morgan fingerprint density at radius 3 is 2.82 bits per heavy atom. The molecule has 2 N–H and O–H groups in total. The molecule has 0 radical (unpaired) electrons. The van der Waals surface area contributed by atoms with Crippen LogP contribution in [0.3, 0.4) is 0 Å². The summed E-state index contributed by atoms with van der Waals surface area (Å²) in [6.07, 6.45) is 3.80. The number of carbonyl (C=O) groups excluding carboxylic acids is 1. The molecule has 22 heavy (non-hydrogen) atoms. The summed E-state index contributed by atoms with van der Waals surface area (Å²) >= 11 is 0. The average Bonchev–Trinajstić information content (AvgIpc) is 3.20. The van der Waals surface area contributed by atoms with Crippen LogP contribution in [0.2, 0.25) is 0 Å². The van der Waals surface area contributed by atoms with Gasteiger partial charge in [-0.3, -0.25) is 4.79 Å². The molecule has 1 aliphatic carbocycles. The molecule has 1 atom stereocenters. The predicted octanol–water partition coefficient (Wildman–Crippen LogP) is 2.54. The normalized spacial score (nSPS) is 17.0. The molecule has 1 aromatic heterocycles. The van der Waals surface area contributed by atoms with Crippen molar-refractivity contribution in [3.63, 3.8) is 0 Å². The third-order valence-corrected chi connectivity index (χ3v) is 4.20. The first-order valence-corrected chi connectivity index (χ1v) is 7.66. The van der Waals surface area contributed by atoms with Gasteiger partial charge in [-0.15, -0.1) is 0 Å². The second kappa shape index (κ2) is 5.97. The molecule has 1 fully saturated rings. The molecule has 2 aromatic rings. The molecule has 4 heteroatoms. The lowest BCUT2D eigenvalue weighted by Crippen LogP contribution is -2.42. The Bertz CT molecular complexity index is 646. The lowest BCUT2D eigenvalue weighted by Gasteiger charge is -2.26. The molecular weight excluding hydrogens is 278 g/mol. The third kappa shape index (κ3) is 3.22. The van der Waals surface area contributed by atoms with E-state index in [0.717, 1.165) is 24.0 Å². The standard InChI is InChI=1S/C18H21NO3/c1-13-4-2-5-14(10-13)11-17(20)19-12-18(21,15-7-8-15)16-6-3-9-22-16/h2-6,9-10,15,21H,7-8,11-12H2,1H3,(H,19,20). The molecule has 1 aromatic carbocycles. The van der Waals surface area contributed by atoms with Gasteiger partial charge in [-0.1, -0.05) is 29.8 Å². The Morgan fingerprint density at radius 1 is 1.36 bits per heavy atom. The highest BCUT2D eigenvalue weighted by Gasteiger charge is 2.47. The zero-order chi connectivity index (χ0) is 15.6. The number of benzene rings is 1. The fourth-order valence-electron chi connectivity index (χ4n) is 2.82. The highest BCUT2D eigenvalue weighted by Crippen LogP contribution is 2.45. The SMILES string of the molecule is Cc1cccc(CC(=O)NCC(O)(c2ccco2)C2CC2)c1. The predicted molar refractivity (Wildman–Crippen MR) is 83.2 cm³/mol. The molecule has 1 amide bonds. The van der Waals surface area contributed by atoms with E-state index in [1.165, 1.54) is 0 Å². The Morgan fingerprint density at radius 2 is 2.18 bits per heavy atom. The minimum Gasteiger partial charge on any atom is -0.466 e. The van der Waals surface area contributed by atoms with Gasteiger partial charge in [-0.05, 0) is 43.4 Å². The average molecular weight is 299 g/mol. The van der Waals surface area contributed by atoms with Gasteiger partial charge in [0.25, 0.3) is 0 Å². The van der Waals surface area contributed by atoms with Gasteiger partial charge in [0.2, 0.25) is 5.91 Å². The summed E-state index contributed by atoms with van der Waals surface area (Å²) in [4.78, 5) is 12.1. The smallest absolute Gasteiger partial charge is 0.224 e. The number of hydrogen-bond acceptors (Lipinski definition) is 3. The van der Waals surface area contributed by atoms with Gasteiger partial charge in [0.15, 0.2) is 0 Å². The van der Waals surface area contributed by atoms with Crippen LogP contribution in [0.15, 0.2) is 47.1 Å². The van der Waals surface area contributed by atoms with E-state index in [0.29, 0.717) is 12.2 Å². The van der Waals surface area contributed by atoms with Crippen LogP contribution in [0.4, 0.5) is 0 Å². The monoisotopic (exact) mass is 299 g/mol. The van der Waals surface area contributed by atoms with Crippen molar-refractivity contribution in [2.24, 2.45) is 5.92 Å². The van der Waals surface area contributed by atoms with E-state index in [4.69, 9.17) is 4.42 Å². The second-order valence-corrected chi connectivity index (χ2v) is 6.12. The van der Waals surface area contributed by atoms with E-state index < -0.39 is 5.60 Å². The maximum Gasteiger partial charge on any atom is 0.224 e. The van der Waals surface area contributed by atoms with Gasteiger partial charge >= 0.3 is 0 Å². The van der Waals surface area contributed by atoms with Gasteiger partial charge < -0.3 is 14.8 Å². The van der Waals surface area contributed by atoms with Gasteiger partial charge in [0, 0.05) is 0 Å². The van der Waals surface area contributed by atoms with Gasteiger partial charge in [0.05, 0.1) is 19.2 Å². The summed E-state index contributed by atoms with van der Waals surface area (Å²) in [5.74, 6) is 0.611. The number of aryl methyl sites for hydroxylation is 1. The summed E-state index contributed by atoms with van der Waals surface area (Å²) in [7, 11) is 0. The van der Waals surface area contributed by atoms with Crippen LogP contribution in [0.25, 0.3) is 0 Å².